The predicted octanol–water partition coefficient (Wildman–Crippen LogP) is 3.47. The fourth-order valence-corrected chi connectivity index (χ4v) is 2.14. The van der Waals surface area contributed by atoms with Crippen molar-refractivity contribution in [3.63, 3.8) is 0 Å². The van der Waals surface area contributed by atoms with E-state index in [1.54, 1.807) is 36.4 Å². The Balaban J connectivity index is 2.03. The predicted molar refractivity (Wildman–Crippen MR) is 79.9 cm³/mol. The third-order valence-electron chi connectivity index (χ3n) is 3.30. The van der Waals surface area contributed by atoms with Crippen molar-refractivity contribution in [1.29, 1.82) is 0 Å². The van der Waals surface area contributed by atoms with E-state index in [1.165, 1.54) is 19.2 Å². The molecule has 1 N–H and O–H groups in total. The maximum Gasteiger partial charge on any atom is 0.311 e. The molecule has 2 aromatic rings. The summed E-state index contributed by atoms with van der Waals surface area (Å²) in [5, 5.41) is 9.37. The Bertz CT molecular complexity index is 642. The average molecular weight is 304 g/mol. The number of hydrogen-bond acceptors (Lipinski definition) is 3. The van der Waals surface area contributed by atoms with Gasteiger partial charge in [-0.15, -0.1) is 0 Å². The molecule has 0 aliphatic carbocycles. The lowest BCUT2D eigenvalue weighted by Gasteiger charge is -2.14. The molecule has 0 aliphatic heterocycles. The van der Waals surface area contributed by atoms with Crippen LogP contribution in [0, 0.1) is 5.82 Å². The van der Waals surface area contributed by atoms with E-state index in [0.717, 1.165) is 0 Å². The van der Waals surface area contributed by atoms with Crippen molar-refractivity contribution in [2.75, 3.05) is 13.7 Å². The fourth-order valence-electron chi connectivity index (χ4n) is 2.14. The van der Waals surface area contributed by atoms with Gasteiger partial charge in [0, 0.05) is 0 Å². The second-order valence-corrected chi connectivity index (χ2v) is 4.73. The molecule has 0 saturated heterocycles. The van der Waals surface area contributed by atoms with Gasteiger partial charge in [0.15, 0.2) is 11.6 Å². The Morgan fingerprint density at radius 2 is 2.00 bits per heavy atom. The summed E-state index contributed by atoms with van der Waals surface area (Å²) in [4.78, 5) is 11.4. The molecule has 0 amide bonds. The molecule has 0 heterocycles. The maximum absolute atomic E-state index is 13.4. The molecular formula is C17H17FO4. The number of carboxylic acid groups (broad SMARTS) is 1. The maximum atomic E-state index is 13.4. The van der Waals surface area contributed by atoms with Crippen molar-refractivity contribution < 1.29 is 23.8 Å². The highest BCUT2D eigenvalue weighted by Crippen LogP contribution is 2.25. The molecule has 116 valence electrons. The summed E-state index contributed by atoms with van der Waals surface area (Å²) in [7, 11) is 1.52. The van der Waals surface area contributed by atoms with Gasteiger partial charge < -0.3 is 14.6 Å². The molecular weight excluding hydrogens is 287 g/mol. The lowest BCUT2D eigenvalue weighted by molar-refractivity contribution is -0.139. The van der Waals surface area contributed by atoms with Crippen LogP contribution in [0.5, 0.6) is 11.5 Å². The molecule has 0 bridgehead atoms. The summed E-state index contributed by atoms with van der Waals surface area (Å²) < 4.78 is 23.9. The number of carboxylic acids is 1. The number of para-hydroxylation sites is 1. The van der Waals surface area contributed by atoms with Gasteiger partial charge in [0.05, 0.1) is 19.6 Å². The van der Waals surface area contributed by atoms with Crippen LogP contribution in [0.25, 0.3) is 0 Å². The third kappa shape index (κ3) is 3.97. The second-order valence-electron chi connectivity index (χ2n) is 4.73. The number of ether oxygens (including phenoxy) is 2. The van der Waals surface area contributed by atoms with Crippen molar-refractivity contribution in [3.8, 4) is 11.5 Å². The van der Waals surface area contributed by atoms with Crippen molar-refractivity contribution in [1.82, 2.24) is 0 Å². The molecule has 0 fully saturated rings. The highest BCUT2D eigenvalue weighted by Gasteiger charge is 2.20. The van der Waals surface area contributed by atoms with Gasteiger partial charge in [0.2, 0.25) is 0 Å². The summed E-state index contributed by atoms with van der Waals surface area (Å²) in [6.07, 6.45) is 0.233. The number of hydrogen-bond donors (Lipinski definition) is 1. The van der Waals surface area contributed by atoms with Gasteiger partial charge in [-0.2, -0.15) is 0 Å². The van der Waals surface area contributed by atoms with Gasteiger partial charge in [0.25, 0.3) is 0 Å². The van der Waals surface area contributed by atoms with Crippen LogP contribution in [-0.4, -0.2) is 24.8 Å². The largest absolute Gasteiger partial charge is 0.497 e. The van der Waals surface area contributed by atoms with E-state index < -0.39 is 17.7 Å². The van der Waals surface area contributed by atoms with E-state index in [9.17, 15) is 14.3 Å². The quantitative estimate of drug-likeness (QED) is 0.851. The zero-order chi connectivity index (χ0) is 15.9. The zero-order valence-electron chi connectivity index (χ0n) is 12.2. The monoisotopic (exact) mass is 304 g/mol. The fraction of sp³-hybridized carbons (Fsp3) is 0.235. The molecule has 5 heteroatoms. The van der Waals surface area contributed by atoms with Gasteiger partial charge >= 0.3 is 5.97 Å². The minimum absolute atomic E-state index is 0.106. The normalized spacial score (nSPS) is 11.7. The van der Waals surface area contributed by atoms with Gasteiger partial charge in [-0.1, -0.05) is 24.3 Å². The van der Waals surface area contributed by atoms with E-state index in [-0.39, 0.29) is 18.8 Å². The Kier molecular flexibility index (Phi) is 5.36. The van der Waals surface area contributed by atoms with Crippen LogP contribution in [0.2, 0.25) is 0 Å². The molecule has 1 atom stereocenters. The van der Waals surface area contributed by atoms with E-state index in [4.69, 9.17) is 9.47 Å². The molecule has 0 spiro atoms. The molecule has 2 rings (SSSR count). The van der Waals surface area contributed by atoms with Crippen molar-refractivity contribution in [3.05, 3.63) is 59.9 Å². The molecule has 4 nitrogen and oxygen atoms in total. The van der Waals surface area contributed by atoms with Crippen LogP contribution >= 0.6 is 0 Å². The SMILES string of the molecule is COc1cccc(C(CCOc2ccccc2F)C(=O)O)c1. The minimum atomic E-state index is -0.953. The summed E-state index contributed by atoms with van der Waals surface area (Å²) in [6.45, 7) is 0.106. The number of halogens is 1. The Morgan fingerprint density at radius 1 is 1.23 bits per heavy atom. The average Bonchev–Trinajstić information content (AvgIpc) is 2.53. The van der Waals surface area contributed by atoms with E-state index >= 15 is 0 Å². The summed E-state index contributed by atoms with van der Waals surface area (Å²) in [5.74, 6) is -1.43. The first-order chi connectivity index (χ1) is 10.6. The standard InChI is InChI=1S/C17H17FO4/c1-21-13-6-4-5-12(11-13)14(17(19)20)9-10-22-16-8-3-2-7-15(16)18/h2-8,11,14H,9-10H2,1H3,(H,19,20). The van der Waals surface area contributed by atoms with Gasteiger partial charge in [-0.25, -0.2) is 4.39 Å². The van der Waals surface area contributed by atoms with Crippen molar-refractivity contribution >= 4 is 5.97 Å². The van der Waals surface area contributed by atoms with Crippen molar-refractivity contribution in [2.24, 2.45) is 0 Å². The first-order valence-corrected chi connectivity index (χ1v) is 6.86. The molecule has 2 aromatic carbocycles. The molecule has 0 radical (unpaired) electrons. The smallest absolute Gasteiger partial charge is 0.311 e. The Morgan fingerprint density at radius 3 is 2.68 bits per heavy atom. The van der Waals surface area contributed by atoms with Gasteiger partial charge in [0.1, 0.15) is 5.75 Å². The van der Waals surface area contributed by atoms with E-state index in [0.29, 0.717) is 11.3 Å². The summed E-state index contributed by atoms with van der Waals surface area (Å²) in [6, 6.07) is 12.9. The Hall–Kier alpha value is -2.56. The van der Waals surface area contributed by atoms with Crippen LogP contribution in [0.4, 0.5) is 4.39 Å². The molecule has 22 heavy (non-hydrogen) atoms. The van der Waals surface area contributed by atoms with Gasteiger partial charge in [-0.3, -0.25) is 4.79 Å². The first-order valence-electron chi connectivity index (χ1n) is 6.86. The molecule has 0 aromatic heterocycles. The molecule has 0 saturated carbocycles. The third-order valence-corrected chi connectivity index (χ3v) is 3.30. The van der Waals surface area contributed by atoms with Gasteiger partial charge in [-0.05, 0) is 36.2 Å². The number of methoxy groups -OCH3 is 1. The topological polar surface area (TPSA) is 55.8 Å². The highest BCUT2D eigenvalue weighted by molar-refractivity contribution is 5.76. The number of benzene rings is 2. The lowest BCUT2D eigenvalue weighted by atomic mass is 9.96. The van der Waals surface area contributed by atoms with Crippen LogP contribution < -0.4 is 9.47 Å². The number of rotatable bonds is 7. The molecule has 1 unspecified atom stereocenters. The van der Waals surface area contributed by atoms with Crippen LogP contribution in [0.15, 0.2) is 48.5 Å². The summed E-state index contributed by atoms with van der Waals surface area (Å²) >= 11 is 0. The van der Waals surface area contributed by atoms with Crippen LogP contribution in [-0.2, 0) is 4.79 Å². The van der Waals surface area contributed by atoms with Crippen molar-refractivity contribution in [2.45, 2.75) is 12.3 Å². The minimum Gasteiger partial charge on any atom is -0.497 e. The van der Waals surface area contributed by atoms with Crippen LogP contribution in [0.1, 0.15) is 17.9 Å². The Labute approximate surface area is 128 Å². The zero-order valence-corrected chi connectivity index (χ0v) is 12.2. The van der Waals surface area contributed by atoms with E-state index in [2.05, 4.69) is 0 Å². The number of carbonyl (C=O) groups is 1. The lowest BCUT2D eigenvalue weighted by Crippen LogP contribution is -2.15. The highest BCUT2D eigenvalue weighted by atomic mass is 19.1. The molecule has 0 aliphatic rings. The number of aliphatic carboxylic acids is 1. The second kappa shape index (κ2) is 7.45. The first kappa shape index (κ1) is 15.8. The summed E-state index contributed by atoms with van der Waals surface area (Å²) in [5.41, 5.74) is 0.629. The van der Waals surface area contributed by atoms with Crippen LogP contribution in [0.3, 0.4) is 0 Å². The van der Waals surface area contributed by atoms with E-state index in [1.807, 2.05) is 0 Å².